The van der Waals surface area contributed by atoms with Crippen LogP contribution in [0.5, 0.6) is 0 Å². The maximum atomic E-state index is 10.6. The lowest BCUT2D eigenvalue weighted by atomic mass is 9.94. The maximum Gasteiger partial charge on any atom is 0.404 e. The molecule has 1 aliphatic rings. The zero-order chi connectivity index (χ0) is 11.1. The second-order valence-electron chi connectivity index (χ2n) is 4.02. The molecule has 1 rings (SSSR count). The first-order valence-corrected chi connectivity index (χ1v) is 5.44. The minimum Gasteiger partial charge on any atom is -0.465 e. The summed E-state index contributed by atoms with van der Waals surface area (Å²) in [4.78, 5) is 10.6. The Labute approximate surface area is 90.2 Å². The average molecular weight is 216 g/mol. The lowest BCUT2D eigenvalue weighted by molar-refractivity contribution is 0.0476. The second-order valence-corrected chi connectivity index (χ2v) is 4.02. The molecule has 0 aromatic rings. The van der Waals surface area contributed by atoms with Crippen LogP contribution in [0.4, 0.5) is 4.79 Å². The summed E-state index contributed by atoms with van der Waals surface area (Å²) < 4.78 is 5.37. The first-order valence-electron chi connectivity index (χ1n) is 5.44. The monoisotopic (exact) mass is 216 g/mol. The van der Waals surface area contributed by atoms with Gasteiger partial charge < -0.3 is 20.5 Å². The fourth-order valence-corrected chi connectivity index (χ4v) is 2.01. The van der Waals surface area contributed by atoms with Crippen LogP contribution in [0.2, 0.25) is 0 Å². The molecule has 5 nitrogen and oxygen atoms in total. The number of nitrogens with one attached hydrogen (secondary N) is 2. The standard InChI is InChI=1S/C10H20N2O3/c1-11-6-9(12-10(13)14)5-8-3-2-4-15-7-8/h8-9,11-12H,2-7H2,1H3,(H,13,14)/t8-,9?/m1/s1. The molecule has 1 saturated heterocycles. The van der Waals surface area contributed by atoms with Crippen LogP contribution in [-0.2, 0) is 4.74 Å². The minimum atomic E-state index is -0.952. The summed E-state index contributed by atoms with van der Waals surface area (Å²) in [5.74, 6) is 0.490. The van der Waals surface area contributed by atoms with Crippen molar-refractivity contribution >= 4 is 6.09 Å². The Hall–Kier alpha value is -0.810. The molecule has 1 fully saturated rings. The van der Waals surface area contributed by atoms with Gasteiger partial charge in [-0.15, -0.1) is 0 Å². The maximum absolute atomic E-state index is 10.6. The summed E-state index contributed by atoms with van der Waals surface area (Å²) in [6.07, 6.45) is 2.13. The van der Waals surface area contributed by atoms with Gasteiger partial charge in [-0.2, -0.15) is 0 Å². The van der Waals surface area contributed by atoms with Crippen molar-refractivity contribution in [3.8, 4) is 0 Å². The fourth-order valence-electron chi connectivity index (χ4n) is 2.01. The molecule has 0 aliphatic carbocycles. The van der Waals surface area contributed by atoms with Gasteiger partial charge in [0.1, 0.15) is 0 Å². The van der Waals surface area contributed by atoms with Gasteiger partial charge in [0.05, 0.1) is 0 Å². The number of carbonyl (C=O) groups is 1. The normalized spacial score (nSPS) is 23.4. The Morgan fingerprint density at radius 3 is 3.00 bits per heavy atom. The molecule has 0 radical (unpaired) electrons. The van der Waals surface area contributed by atoms with Crippen LogP contribution < -0.4 is 10.6 Å². The summed E-state index contributed by atoms with van der Waals surface area (Å²) in [6.45, 7) is 2.28. The summed E-state index contributed by atoms with van der Waals surface area (Å²) >= 11 is 0. The van der Waals surface area contributed by atoms with Crippen LogP contribution in [0.3, 0.4) is 0 Å². The molecule has 15 heavy (non-hydrogen) atoms. The highest BCUT2D eigenvalue weighted by Gasteiger charge is 2.20. The van der Waals surface area contributed by atoms with E-state index >= 15 is 0 Å². The summed E-state index contributed by atoms with van der Waals surface area (Å²) in [5.41, 5.74) is 0. The predicted molar refractivity (Wildman–Crippen MR) is 57.0 cm³/mol. The van der Waals surface area contributed by atoms with E-state index in [9.17, 15) is 4.79 Å². The van der Waals surface area contributed by atoms with Crippen LogP contribution in [0.15, 0.2) is 0 Å². The van der Waals surface area contributed by atoms with E-state index < -0.39 is 6.09 Å². The Morgan fingerprint density at radius 1 is 1.67 bits per heavy atom. The van der Waals surface area contributed by atoms with Gasteiger partial charge in [-0.3, -0.25) is 0 Å². The van der Waals surface area contributed by atoms with Gasteiger partial charge in [-0.05, 0) is 32.2 Å². The lowest BCUT2D eigenvalue weighted by Crippen LogP contribution is -2.42. The molecular weight excluding hydrogens is 196 g/mol. The molecule has 1 unspecified atom stereocenters. The number of amides is 1. The molecule has 0 bridgehead atoms. The topological polar surface area (TPSA) is 70.6 Å². The van der Waals surface area contributed by atoms with Crippen molar-refractivity contribution in [2.75, 3.05) is 26.8 Å². The Kier molecular flexibility index (Phi) is 5.42. The smallest absolute Gasteiger partial charge is 0.404 e. The van der Waals surface area contributed by atoms with E-state index in [0.29, 0.717) is 12.5 Å². The Bertz CT molecular complexity index is 193. The summed E-state index contributed by atoms with van der Waals surface area (Å²) in [6, 6.07) is -0.0146. The zero-order valence-electron chi connectivity index (χ0n) is 9.16. The van der Waals surface area contributed by atoms with Crippen molar-refractivity contribution in [3.05, 3.63) is 0 Å². The molecule has 5 heteroatoms. The first-order chi connectivity index (χ1) is 7.22. The van der Waals surface area contributed by atoms with Gasteiger partial charge in [0.2, 0.25) is 0 Å². The van der Waals surface area contributed by atoms with E-state index in [0.717, 1.165) is 32.5 Å². The van der Waals surface area contributed by atoms with Crippen molar-refractivity contribution in [1.29, 1.82) is 0 Å². The van der Waals surface area contributed by atoms with Gasteiger partial charge in [-0.25, -0.2) is 4.79 Å². The molecule has 3 N–H and O–H groups in total. The molecule has 1 amide bonds. The van der Waals surface area contributed by atoms with Gasteiger partial charge in [0.25, 0.3) is 0 Å². The number of likely N-dealkylation sites (N-methyl/N-ethyl adjacent to an activating group) is 1. The fraction of sp³-hybridized carbons (Fsp3) is 0.900. The van der Waals surface area contributed by atoms with Crippen LogP contribution in [-0.4, -0.2) is 44.0 Å². The van der Waals surface area contributed by atoms with Crippen molar-refractivity contribution < 1.29 is 14.6 Å². The van der Waals surface area contributed by atoms with Gasteiger partial charge in [-0.1, -0.05) is 0 Å². The van der Waals surface area contributed by atoms with Crippen LogP contribution in [0.25, 0.3) is 0 Å². The number of carboxylic acid groups (broad SMARTS) is 1. The van der Waals surface area contributed by atoms with E-state index in [-0.39, 0.29) is 6.04 Å². The third kappa shape index (κ3) is 4.99. The molecule has 0 saturated carbocycles. The van der Waals surface area contributed by atoms with Crippen molar-refractivity contribution in [3.63, 3.8) is 0 Å². The third-order valence-electron chi connectivity index (χ3n) is 2.65. The average Bonchev–Trinajstić information content (AvgIpc) is 2.18. The lowest BCUT2D eigenvalue weighted by Gasteiger charge is -2.26. The highest BCUT2D eigenvalue weighted by Crippen LogP contribution is 2.18. The number of hydrogen-bond acceptors (Lipinski definition) is 3. The van der Waals surface area contributed by atoms with E-state index in [1.165, 1.54) is 0 Å². The number of hydrogen-bond donors (Lipinski definition) is 3. The highest BCUT2D eigenvalue weighted by molar-refractivity contribution is 5.64. The number of ether oxygens (including phenoxy) is 1. The first kappa shape index (κ1) is 12.3. The molecule has 0 aromatic carbocycles. The third-order valence-corrected chi connectivity index (χ3v) is 2.65. The molecule has 2 atom stereocenters. The minimum absolute atomic E-state index is 0.0146. The van der Waals surface area contributed by atoms with Crippen LogP contribution >= 0.6 is 0 Å². The van der Waals surface area contributed by atoms with Crippen molar-refractivity contribution in [2.24, 2.45) is 5.92 Å². The predicted octanol–water partition coefficient (Wildman–Crippen LogP) is 0.659. The van der Waals surface area contributed by atoms with Gasteiger partial charge in [0, 0.05) is 25.8 Å². The quantitative estimate of drug-likeness (QED) is 0.631. The molecule has 0 aromatic heterocycles. The summed E-state index contributed by atoms with van der Waals surface area (Å²) in [5, 5.41) is 14.2. The molecule has 1 heterocycles. The largest absolute Gasteiger partial charge is 0.465 e. The van der Waals surface area contributed by atoms with Gasteiger partial charge >= 0.3 is 6.09 Å². The van der Waals surface area contributed by atoms with E-state index in [1.54, 1.807) is 0 Å². The molecule has 1 aliphatic heterocycles. The van der Waals surface area contributed by atoms with Gasteiger partial charge in [0.15, 0.2) is 0 Å². The Morgan fingerprint density at radius 2 is 2.47 bits per heavy atom. The van der Waals surface area contributed by atoms with E-state index in [4.69, 9.17) is 9.84 Å². The highest BCUT2D eigenvalue weighted by atomic mass is 16.5. The Balaban J connectivity index is 2.31. The van der Waals surface area contributed by atoms with Crippen LogP contribution in [0, 0.1) is 5.92 Å². The molecule has 88 valence electrons. The van der Waals surface area contributed by atoms with Crippen LogP contribution in [0.1, 0.15) is 19.3 Å². The number of rotatable bonds is 5. The zero-order valence-corrected chi connectivity index (χ0v) is 9.16. The van der Waals surface area contributed by atoms with Crippen molar-refractivity contribution in [1.82, 2.24) is 10.6 Å². The van der Waals surface area contributed by atoms with Crippen molar-refractivity contribution in [2.45, 2.75) is 25.3 Å². The second kappa shape index (κ2) is 6.63. The SMILES string of the molecule is CNCC(C[C@H]1CCCOC1)NC(=O)O. The molecule has 0 spiro atoms. The summed E-state index contributed by atoms with van der Waals surface area (Å²) in [7, 11) is 1.83. The molecular formula is C10H20N2O3. The van der Waals surface area contributed by atoms with E-state index in [2.05, 4.69) is 10.6 Å². The van der Waals surface area contributed by atoms with E-state index in [1.807, 2.05) is 7.05 Å².